The molecule has 2 aromatic rings. The SMILES string of the molecule is C[C@H](C(=O)NCc1ccco1)N(Cc1ccc(F)cc1)C(=O)CN(C)S(C)(=O)=O. The molecular weight excluding hydrogens is 401 g/mol. The van der Waals surface area contributed by atoms with E-state index >= 15 is 0 Å². The molecule has 1 aromatic carbocycles. The Bertz CT molecular complexity index is 929. The molecule has 1 heterocycles. The molecule has 1 N–H and O–H groups in total. The zero-order valence-electron chi connectivity index (χ0n) is 16.5. The minimum absolute atomic E-state index is 0.0199. The highest BCUT2D eigenvalue weighted by Gasteiger charge is 2.28. The number of furan rings is 1. The van der Waals surface area contributed by atoms with Crippen molar-refractivity contribution in [3.63, 3.8) is 0 Å². The molecule has 0 fully saturated rings. The molecule has 0 unspecified atom stereocenters. The van der Waals surface area contributed by atoms with Crippen LogP contribution in [0.5, 0.6) is 0 Å². The quantitative estimate of drug-likeness (QED) is 0.654. The number of likely N-dealkylation sites (N-methyl/N-ethyl adjacent to an activating group) is 1. The predicted molar refractivity (Wildman–Crippen MR) is 104 cm³/mol. The van der Waals surface area contributed by atoms with Crippen molar-refractivity contribution in [1.82, 2.24) is 14.5 Å². The van der Waals surface area contributed by atoms with E-state index in [1.807, 2.05) is 0 Å². The van der Waals surface area contributed by atoms with Gasteiger partial charge in [0.2, 0.25) is 21.8 Å². The molecule has 8 nitrogen and oxygen atoms in total. The van der Waals surface area contributed by atoms with Crippen LogP contribution in [0, 0.1) is 5.82 Å². The fraction of sp³-hybridized carbons (Fsp3) is 0.368. The molecule has 29 heavy (non-hydrogen) atoms. The van der Waals surface area contributed by atoms with Crippen LogP contribution in [-0.4, -0.2) is 55.3 Å². The predicted octanol–water partition coefficient (Wildman–Crippen LogP) is 1.34. The Balaban J connectivity index is 2.16. The summed E-state index contributed by atoms with van der Waals surface area (Å²) in [7, 11) is -2.29. The molecule has 0 aliphatic carbocycles. The minimum Gasteiger partial charge on any atom is -0.467 e. The normalized spacial score (nSPS) is 12.6. The van der Waals surface area contributed by atoms with Gasteiger partial charge in [0, 0.05) is 13.6 Å². The van der Waals surface area contributed by atoms with Gasteiger partial charge in [-0.3, -0.25) is 9.59 Å². The van der Waals surface area contributed by atoms with Crippen LogP contribution in [0.4, 0.5) is 4.39 Å². The van der Waals surface area contributed by atoms with Crippen LogP contribution in [-0.2, 0) is 32.7 Å². The number of nitrogens with one attached hydrogen (secondary N) is 1. The van der Waals surface area contributed by atoms with Gasteiger partial charge in [0.15, 0.2) is 0 Å². The van der Waals surface area contributed by atoms with Crippen LogP contribution in [0.15, 0.2) is 47.1 Å². The molecule has 2 rings (SSSR count). The molecule has 0 aliphatic rings. The third-order valence-corrected chi connectivity index (χ3v) is 5.64. The van der Waals surface area contributed by atoms with E-state index in [0.29, 0.717) is 11.3 Å². The molecule has 1 aromatic heterocycles. The van der Waals surface area contributed by atoms with Gasteiger partial charge in [-0.2, -0.15) is 4.31 Å². The largest absolute Gasteiger partial charge is 0.467 e. The third kappa shape index (κ3) is 6.68. The lowest BCUT2D eigenvalue weighted by Gasteiger charge is -2.30. The minimum atomic E-state index is -3.57. The van der Waals surface area contributed by atoms with Crippen LogP contribution in [0.1, 0.15) is 18.2 Å². The Morgan fingerprint density at radius 1 is 1.21 bits per heavy atom. The van der Waals surface area contributed by atoms with E-state index in [9.17, 15) is 22.4 Å². The van der Waals surface area contributed by atoms with E-state index in [1.165, 1.54) is 42.5 Å². The van der Waals surface area contributed by atoms with Crippen molar-refractivity contribution in [3.05, 3.63) is 59.8 Å². The number of hydrogen-bond acceptors (Lipinski definition) is 5. The summed E-state index contributed by atoms with van der Waals surface area (Å²) in [6, 6.07) is 8.01. The Kier molecular flexibility index (Phi) is 7.52. The summed E-state index contributed by atoms with van der Waals surface area (Å²) in [6.45, 7) is 1.29. The topological polar surface area (TPSA) is 99.9 Å². The number of rotatable bonds is 9. The number of carbonyl (C=O) groups is 2. The first-order valence-corrected chi connectivity index (χ1v) is 10.7. The Labute approximate surface area is 169 Å². The van der Waals surface area contributed by atoms with Crippen LogP contribution < -0.4 is 5.32 Å². The second-order valence-corrected chi connectivity index (χ2v) is 8.73. The first kappa shape index (κ1) is 22.6. The van der Waals surface area contributed by atoms with Gasteiger partial charge >= 0.3 is 0 Å². The Hall–Kier alpha value is -2.72. The highest BCUT2D eigenvalue weighted by Crippen LogP contribution is 2.12. The summed E-state index contributed by atoms with van der Waals surface area (Å²) < 4.78 is 42.5. The van der Waals surface area contributed by atoms with Crippen LogP contribution in [0.25, 0.3) is 0 Å². The number of amides is 2. The van der Waals surface area contributed by atoms with Gasteiger partial charge in [0.05, 0.1) is 25.6 Å². The van der Waals surface area contributed by atoms with Gasteiger partial charge in [-0.15, -0.1) is 0 Å². The molecule has 0 radical (unpaired) electrons. The monoisotopic (exact) mass is 425 g/mol. The van der Waals surface area contributed by atoms with Crippen LogP contribution in [0.3, 0.4) is 0 Å². The van der Waals surface area contributed by atoms with Gasteiger partial charge in [0.1, 0.15) is 17.6 Å². The molecule has 0 saturated carbocycles. The van der Waals surface area contributed by atoms with E-state index in [-0.39, 0.29) is 13.1 Å². The molecule has 2 amide bonds. The molecule has 0 bridgehead atoms. The average Bonchev–Trinajstić information content (AvgIpc) is 3.17. The fourth-order valence-corrected chi connectivity index (χ4v) is 2.85. The number of sulfonamides is 1. The number of nitrogens with zero attached hydrogens (tertiary/aromatic N) is 2. The fourth-order valence-electron chi connectivity index (χ4n) is 2.50. The van der Waals surface area contributed by atoms with Crippen molar-refractivity contribution in [1.29, 1.82) is 0 Å². The van der Waals surface area contributed by atoms with Gasteiger partial charge < -0.3 is 14.6 Å². The molecule has 0 spiro atoms. The molecule has 10 heteroatoms. The van der Waals surface area contributed by atoms with E-state index in [4.69, 9.17) is 4.42 Å². The van der Waals surface area contributed by atoms with Crippen molar-refractivity contribution in [2.45, 2.75) is 26.1 Å². The summed E-state index contributed by atoms with van der Waals surface area (Å²) in [6.07, 6.45) is 2.47. The van der Waals surface area contributed by atoms with Gasteiger partial charge in [-0.25, -0.2) is 12.8 Å². The zero-order valence-corrected chi connectivity index (χ0v) is 17.3. The van der Waals surface area contributed by atoms with Crippen molar-refractivity contribution < 1.29 is 26.8 Å². The van der Waals surface area contributed by atoms with E-state index in [2.05, 4.69) is 5.32 Å². The van der Waals surface area contributed by atoms with Gasteiger partial charge in [-0.1, -0.05) is 12.1 Å². The van der Waals surface area contributed by atoms with Crippen LogP contribution >= 0.6 is 0 Å². The second-order valence-electron chi connectivity index (χ2n) is 6.64. The highest BCUT2D eigenvalue weighted by molar-refractivity contribution is 7.88. The molecular formula is C19H24FN3O5S. The summed E-state index contributed by atoms with van der Waals surface area (Å²) in [5.74, 6) is -0.854. The van der Waals surface area contributed by atoms with Crippen molar-refractivity contribution >= 4 is 21.8 Å². The number of hydrogen-bond donors (Lipinski definition) is 1. The molecule has 0 saturated heterocycles. The first-order chi connectivity index (χ1) is 13.6. The maximum atomic E-state index is 13.2. The summed E-state index contributed by atoms with van der Waals surface area (Å²) >= 11 is 0. The van der Waals surface area contributed by atoms with Crippen LogP contribution in [0.2, 0.25) is 0 Å². The zero-order chi connectivity index (χ0) is 21.6. The van der Waals surface area contributed by atoms with Gasteiger partial charge in [-0.05, 0) is 36.8 Å². The van der Waals surface area contributed by atoms with Crippen molar-refractivity contribution in [2.75, 3.05) is 19.8 Å². The Morgan fingerprint density at radius 2 is 1.86 bits per heavy atom. The van der Waals surface area contributed by atoms with Crippen molar-refractivity contribution in [3.8, 4) is 0 Å². The standard InChI is InChI=1S/C19H24FN3O5S/c1-14(19(25)21-11-17-5-4-10-28-17)23(12-15-6-8-16(20)9-7-15)18(24)13-22(2)29(3,26)27/h4-10,14H,11-13H2,1-3H3,(H,21,25)/t14-/m1/s1. The third-order valence-electron chi connectivity index (χ3n) is 4.37. The average molecular weight is 425 g/mol. The molecule has 1 atom stereocenters. The second kappa shape index (κ2) is 9.66. The number of benzene rings is 1. The maximum Gasteiger partial charge on any atom is 0.242 e. The lowest BCUT2D eigenvalue weighted by atomic mass is 10.1. The van der Waals surface area contributed by atoms with Gasteiger partial charge in [0.25, 0.3) is 0 Å². The highest BCUT2D eigenvalue weighted by atomic mass is 32.2. The maximum absolute atomic E-state index is 13.2. The van der Waals surface area contributed by atoms with Crippen molar-refractivity contribution in [2.24, 2.45) is 0 Å². The smallest absolute Gasteiger partial charge is 0.242 e. The Morgan fingerprint density at radius 3 is 2.41 bits per heavy atom. The van der Waals surface area contributed by atoms with E-state index < -0.39 is 40.2 Å². The molecule has 158 valence electrons. The van der Waals surface area contributed by atoms with E-state index in [0.717, 1.165) is 10.6 Å². The molecule has 0 aliphatic heterocycles. The summed E-state index contributed by atoms with van der Waals surface area (Å²) in [5.41, 5.74) is 0.604. The lowest BCUT2D eigenvalue weighted by Crippen LogP contribution is -2.50. The number of halogens is 1. The number of carbonyl (C=O) groups excluding carboxylic acids is 2. The summed E-state index contributed by atoms with van der Waals surface area (Å²) in [4.78, 5) is 26.6. The lowest BCUT2D eigenvalue weighted by molar-refractivity contribution is -0.140. The summed E-state index contributed by atoms with van der Waals surface area (Å²) in [5, 5.41) is 2.68. The van der Waals surface area contributed by atoms with E-state index in [1.54, 1.807) is 19.1 Å². The first-order valence-electron chi connectivity index (χ1n) is 8.83.